The molecule has 0 aromatic heterocycles. The van der Waals surface area contributed by atoms with Crippen LogP contribution in [0.15, 0.2) is 24.3 Å². The van der Waals surface area contributed by atoms with Crippen LogP contribution in [0.3, 0.4) is 0 Å². The average molecular weight is 238 g/mol. The van der Waals surface area contributed by atoms with Crippen LogP contribution < -0.4 is 15.8 Å². The predicted molar refractivity (Wildman–Crippen MR) is 64.9 cm³/mol. The Hall–Kier alpha value is -1.75. The molecule has 0 spiro atoms. The first-order valence-electron chi connectivity index (χ1n) is 5.43. The molecule has 1 aromatic rings. The zero-order valence-electron chi connectivity index (χ0n) is 10.1. The third kappa shape index (κ3) is 4.32. The summed E-state index contributed by atoms with van der Waals surface area (Å²) < 4.78 is 9.90. The van der Waals surface area contributed by atoms with E-state index in [2.05, 4.69) is 10.1 Å². The molecule has 0 bridgehead atoms. The molecule has 94 valence electrons. The number of para-hydroxylation sites is 1. The van der Waals surface area contributed by atoms with Gasteiger partial charge in [-0.1, -0.05) is 18.2 Å². The molecule has 1 rings (SSSR count). The van der Waals surface area contributed by atoms with Crippen molar-refractivity contribution in [2.24, 2.45) is 5.73 Å². The zero-order valence-corrected chi connectivity index (χ0v) is 10.1. The molecule has 1 aromatic carbocycles. The van der Waals surface area contributed by atoms with Gasteiger partial charge in [-0.25, -0.2) is 4.79 Å². The number of ether oxygens (including phenoxy) is 2. The summed E-state index contributed by atoms with van der Waals surface area (Å²) in [6, 6.07) is 7.89. The topological polar surface area (TPSA) is 73.6 Å². The number of nitrogens with two attached hydrogens (primary N) is 1. The second kappa shape index (κ2) is 6.75. The van der Waals surface area contributed by atoms with Gasteiger partial charge in [0.05, 0.1) is 7.11 Å². The van der Waals surface area contributed by atoms with Gasteiger partial charge < -0.3 is 20.5 Å². The number of nitrogens with one attached hydrogen (secondary N) is 1. The quantitative estimate of drug-likeness (QED) is 0.735. The van der Waals surface area contributed by atoms with Crippen molar-refractivity contribution in [3.05, 3.63) is 29.8 Å². The Kier molecular flexibility index (Phi) is 5.29. The molecule has 0 saturated carbocycles. The highest BCUT2D eigenvalue weighted by Gasteiger charge is 2.09. The van der Waals surface area contributed by atoms with Gasteiger partial charge in [-0.2, -0.15) is 0 Å². The van der Waals surface area contributed by atoms with Crippen LogP contribution >= 0.6 is 0 Å². The van der Waals surface area contributed by atoms with Gasteiger partial charge in [0, 0.05) is 18.2 Å². The van der Waals surface area contributed by atoms with Crippen LogP contribution in [0.25, 0.3) is 0 Å². The maximum absolute atomic E-state index is 10.4. The second-order valence-corrected chi connectivity index (χ2v) is 3.59. The fraction of sp³-hybridized carbons (Fsp3) is 0.417. The largest absolute Gasteiger partial charge is 0.496 e. The van der Waals surface area contributed by atoms with Crippen molar-refractivity contribution in [2.75, 3.05) is 20.3 Å². The van der Waals surface area contributed by atoms with E-state index in [9.17, 15) is 4.79 Å². The molecule has 3 N–H and O–H groups in total. The molecule has 17 heavy (non-hydrogen) atoms. The Bertz CT molecular complexity index is 369. The number of hydrogen-bond donors (Lipinski definition) is 2. The molecule has 5 heteroatoms. The van der Waals surface area contributed by atoms with Gasteiger partial charge >= 0.3 is 6.09 Å². The molecule has 0 aliphatic heterocycles. The zero-order chi connectivity index (χ0) is 12.7. The monoisotopic (exact) mass is 238 g/mol. The molecular formula is C12H18N2O3. The van der Waals surface area contributed by atoms with Gasteiger partial charge in [-0.05, 0) is 13.0 Å². The van der Waals surface area contributed by atoms with Crippen molar-refractivity contribution in [1.29, 1.82) is 0 Å². The maximum Gasteiger partial charge on any atom is 0.404 e. The third-order valence-electron chi connectivity index (χ3n) is 2.40. The van der Waals surface area contributed by atoms with Gasteiger partial charge in [0.1, 0.15) is 12.4 Å². The maximum atomic E-state index is 10.4. The van der Waals surface area contributed by atoms with E-state index in [1.165, 1.54) is 0 Å². The van der Waals surface area contributed by atoms with Crippen molar-refractivity contribution in [3.63, 3.8) is 0 Å². The van der Waals surface area contributed by atoms with Crippen molar-refractivity contribution in [2.45, 2.75) is 13.0 Å². The standard InChI is InChI=1S/C12H18N2O3/c1-9(14-7-8-17-12(13)15)10-5-3-4-6-11(10)16-2/h3-6,9,14H,7-8H2,1-2H3,(H2,13,15). The molecule has 0 radical (unpaired) electrons. The van der Waals surface area contributed by atoms with E-state index in [1.807, 2.05) is 31.2 Å². The number of primary amides is 1. The number of methoxy groups -OCH3 is 1. The first kappa shape index (κ1) is 13.3. The smallest absolute Gasteiger partial charge is 0.404 e. The van der Waals surface area contributed by atoms with E-state index in [-0.39, 0.29) is 12.6 Å². The fourth-order valence-corrected chi connectivity index (χ4v) is 1.56. The molecule has 0 aliphatic rings. The summed E-state index contributed by atoms with van der Waals surface area (Å²) in [5.74, 6) is 0.836. The Labute approximate surface area is 101 Å². The lowest BCUT2D eigenvalue weighted by molar-refractivity contribution is 0.156. The Balaban J connectivity index is 2.46. The third-order valence-corrected chi connectivity index (χ3v) is 2.40. The van der Waals surface area contributed by atoms with Crippen molar-refractivity contribution in [3.8, 4) is 5.75 Å². The first-order valence-corrected chi connectivity index (χ1v) is 5.43. The fourth-order valence-electron chi connectivity index (χ4n) is 1.56. The number of hydrogen-bond acceptors (Lipinski definition) is 4. The van der Waals surface area contributed by atoms with Gasteiger partial charge in [-0.3, -0.25) is 0 Å². The van der Waals surface area contributed by atoms with E-state index in [0.717, 1.165) is 11.3 Å². The summed E-state index contributed by atoms with van der Waals surface area (Å²) in [6.45, 7) is 2.82. The van der Waals surface area contributed by atoms with Crippen molar-refractivity contribution in [1.82, 2.24) is 5.32 Å². The molecule has 0 saturated heterocycles. The van der Waals surface area contributed by atoms with Crippen LogP contribution in [0, 0.1) is 0 Å². The molecule has 0 fully saturated rings. The molecule has 1 atom stereocenters. The summed E-state index contributed by atoms with van der Waals surface area (Å²) in [4.78, 5) is 10.4. The molecule has 0 aliphatic carbocycles. The minimum atomic E-state index is -0.753. The summed E-state index contributed by atoms with van der Waals surface area (Å²) in [6.07, 6.45) is -0.753. The number of carbonyl (C=O) groups excluding carboxylic acids is 1. The van der Waals surface area contributed by atoms with E-state index in [1.54, 1.807) is 7.11 Å². The Morgan fingerprint density at radius 2 is 2.18 bits per heavy atom. The van der Waals surface area contributed by atoms with Gasteiger partial charge in [0.25, 0.3) is 0 Å². The average Bonchev–Trinajstić information content (AvgIpc) is 2.34. The predicted octanol–water partition coefficient (Wildman–Crippen LogP) is 1.44. The van der Waals surface area contributed by atoms with Gasteiger partial charge in [0.15, 0.2) is 0 Å². The highest BCUT2D eigenvalue weighted by atomic mass is 16.5. The van der Waals surface area contributed by atoms with E-state index in [4.69, 9.17) is 10.5 Å². The van der Waals surface area contributed by atoms with Crippen molar-refractivity contribution >= 4 is 6.09 Å². The minimum Gasteiger partial charge on any atom is -0.496 e. The number of benzene rings is 1. The van der Waals surface area contributed by atoms with Crippen LogP contribution in [0.4, 0.5) is 4.79 Å². The summed E-state index contributed by atoms with van der Waals surface area (Å²) >= 11 is 0. The molecule has 1 unspecified atom stereocenters. The lowest BCUT2D eigenvalue weighted by atomic mass is 10.1. The lowest BCUT2D eigenvalue weighted by Crippen LogP contribution is -2.26. The molecular weight excluding hydrogens is 220 g/mol. The van der Waals surface area contributed by atoms with Gasteiger partial charge in [0.2, 0.25) is 0 Å². The highest BCUT2D eigenvalue weighted by Crippen LogP contribution is 2.23. The van der Waals surface area contributed by atoms with Crippen LogP contribution in [0.1, 0.15) is 18.5 Å². The Morgan fingerprint density at radius 1 is 1.47 bits per heavy atom. The molecule has 0 heterocycles. The molecule has 5 nitrogen and oxygen atoms in total. The van der Waals surface area contributed by atoms with Crippen molar-refractivity contribution < 1.29 is 14.3 Å². The van der Waals surface area contributed by atoms with Crippen LogP contribution in [0.2, 0.25) is 0 Å². The number of amides is 1. The number of rotatable bonds is 6. The summed E-state index contributed by atoms with van der Waals surface area (Å²) in [5.41, 5.74) is 5.92. The van der Waals surface area contributed by atoms with Crippen LogP contribution in [-0.2, 0) is 4.74 Å². The minimum absolute atomic E-state index is 0.114. The summed E-state index contributed by atoms with van der Waals surface area (Å²) in [5, 5.41) is 3.22. The Morgan fingerprint density at radius 3 is 2.82 bits per heavy atom. The second-order valence-electron chi connectivity index (χ2n) is 3.59. The highest BCUT2D eigenvalue weighted by molar-refractivity contribution is 5.64. The number of carbonyl (C=O) groups is 1. The van der Waals surface area contributed by atoms with E-state index in [0.29, 0.717) is 6.54 Å². The molecule has 1 amide bonds. The lowest BCUT2D eigenvalue weighted by Gasteiger charge is -2.16. The van der Waals surface area contributed by atoms with E-state index < -0.39 is 6.09 Å². The first-order chi connectivity index (χ1) is 8.15. The van der Waals surface area contributed by atoms with Crippen LogP contribution in [-0.4, -0.2) is 26.4 Å². The SMILES string of the molecule is COc1ccccc1C(C)NCCOC(N)=O. The van der Waals surface area contributed by atoms with Crippen LogP contribution in [0.5, 0.6) is 5.75 Å². The van der Waals surface area contributed by atoms with Gasteiger partial charge in [-0.15, -0.1) is 0 Å². The van der Waals surface area contributed by atoms with E-state index >= 15 is 0 Å². The summed E-state index contributed by atoms with van der Waals surface area (Å²) in [7, 11) is 1.64. The normalized spacial score (nSPS) is 11.9.